The zero-order valence-corrected chi connectivity index (χ0v) is 18.8. The largest absolute Gasteiger partial charge is 0.355 e. The Bertz CT molecular complexity index is 593. The first-order valence-electron chi connectivity index (χ1n) is 10.7. The number of unbranched alkanes of at least 4 members (excludes halogenated alkanes) is 3. The monoisotopic (exact) mass is 422 g/mol. The Labute approximate surface area is 181 Å². The first-order chi connectivity index (χ1) is 13.9. The van der Waals surface area contributed by atoms with Gasteiger partial charge in [-0.25, -0.2) is 0 Å². The van der Waals surface area contributed by atoms with Crippen LogP contribution in [0.15, 0.2) is 24.3 Å². The Hall–Kier alpha value is -1.57. The van der Waals surface area contributed by atoms with E-state index in [9.17, 15) is 9.59 Å². The molecule has 2 amide bonds. The summed E-state index contributed by atoms with van der Waals surface area (Å²) in [5, 5.41) is 9.15. The number of hydrogen-bond donors (Lipinski definition) is 5. The second kappa shape index (κ2) is 15.3. The van der Waals surface area contributed by atoms with Crippen molar-refractivity contribution in [3.63, 3.8) is 0 Å². The van der Waals surface area contributed by atoms with Gasteiger partial charge in [0.15, 0.2) is 0 Å². The molecule has 0 aliphatic rings. The van der Waals surface area contributed by atoms with Gasteiger partial charge in [-0.15, -0.1) is 0 Å². The van der Waals surface area contributed by atoms with Gasteiger partial charge in [-0.2, -0.15) is 12.6 Å². The van der Waals surface area contributed by atoms with E-state index in [1.54, 1.807) is 0 Å². The number of nitrogens with two attached hydrogens (primary N) is 1. The SMILES string of the molecule is CC(C)NCc1ccc(C(=O)NCCCC[C@@H](N)C(=O)NCCCCCS)cc1. The molecule has 164 valence electrons. The quantitative estimate of drug-likeness (QED) is 0.222. The van der Waals surface area contributed by atoms with Crippen molar-refractivity contribution in [1.82, 2.24) is 16.0 Å². The average molecular weight is 423 g/mol. The standard InChI is InChI=1S/C22H38N4O2S/c1-17(2)26-16-18-9-11-19(12-10-18)21(27)24-14-6-4-8-20(23)22(28)25-13-5-3-7-15-29/h9-12,17,20,26,29H,3-8,13-16,23H2,1-2H3,(H,24,27)(H,25,28)/t20-/m1/s1. The molecule has 0 saturated carbocycles. The minimum atomic E-state index is -0.484. The molecule has 5 N–H and O–H groups in total. The molecule has 1 atom stereocenters. The molecule has 0 aliphatic heterocycles. The van der Waals surface area contributed by atoms with Crippen molar-refractivity contribution < 1.29 is 9.59 Å². The Morgan fingerprint density at radius 1 is 0.966 bits per heavy atom. The van der Waals surface area contributed by atoms with E-state index >= 15 is 0 Å². The molecule has 29 heavy (non-hydrogen) atoms. The molecule has 0 spiro atoms. The molecule has 1 aromatic rings. The van der Waals surface area contributed by atoms with Crippen LogP contribution in [0, 0.1) is 0 Å². The Balaban J connectivity index is 2.15. The van der Waals surface area contributed by atoms with Crippen LogP contribution in [0.25, 0.3) is 0 Å². The van der Waals surface area contributed by atoms with Crippen molar-refractivity contribution in [2.45, 2.75) is 71.0 Å². The first-order valence-corrected chi connectivity index (χ1v) is 11.3. The number of amides is 2. The predicted molar refractivity (Wildman–Crippen MR) is 123 cm³/mol. The van der Waals surface area contributed by atoms with E-state index in [-0.39, 0.29) is 11.8 Å². The summed E-state index contributed by atoms with van der Waals surface area (Å²) in [5.74, 6) is 0.717. The highest BCUT2D eigenvalue weighted by molar-refractivity contribution is 7.80. The number of nitrogens with one attached hydrogen (secondary N) is 3. The van der Waals surface area contributed by atoms with E-state index in [4.69, 9.17) is 5.73 Å². The van der Waals surface area contributed by atoms with Crippen molar-refractivity contribution in [2.75, 3.05) is 18.8 Å². The first kappa shape index (κ1) is 25.5. The molecule has 1 aromatic carbocycles. The van der Waals surface area contributed by atoms with Crippen molar-refractivity contribution in [2.24, 2.45) is 5.73 Å². The Morgan fingerprint density at radius 2 is 1.62 bits per heavy atom. The minimum Gasteiger partial charge on any atom is -0.355 e. The molecule has 0 heterocycles. The minimum absolute atomic E-state index is 0.0726. The lowest BCUT2D eigenvalue weighted by molar-refractivity contribution is -0.122. The number of carbonyl (C=O) groups excluding carboxylic acids is 2. The summed E-state index contributed by atoms with van der Waals surface area (Å²) < 4.78 is 0. The van der Waals surface area contributed by atoms with Crippen LogP contribution < -0.4 is 21.7 Å². The van der Waals surface area contributed by atoms with Gasteiger partial charge in [-0.1, -0.05) is 32.4 Å². The maximum atomic E-state index is 12.2. The van der Waals surface area contributed by atoms with E-state index in [2.05, 4.69) is 42.4 Å². The molecule has 0 saturated heterocycles. The molecule has 6 nitrogen and oxygen atoms in total. The molecule has 0 bridgehead atoms. The second-order valence-electron chi connectivity index (χ2n) is 7.67. The third kappa shape index (κ3) is 11.9. The summed E-state index contributed by atoms with van der Waals surface area (Å²) in [6.07, 6.45) is 5.31. The van der Waals surface area contributed by atoms with E-state index in [1.807, 2.05) is 24.3 Å². The number of thiol groups is 1. The zero-order chi connectivity index (χ0) is 21.5. The Kier molecular flexibility index (Phi) is 13.4. The lowest BCUT2D eigenvalue weighted by Crippen LogP contribution is -2.41. The molecular formula is C22H38N4O2S. The van der Waals surface area contributed by atoms with Gasteiger partial charge < -0.3 is 21.7 Å². The maximum Gasteiger partial charge on any atom is 0.251 e. The summed E-state index contributed by atoms with van der Waals surface area (Å²) in [6.45, 7) is 6.25. The highest BCUT2D eigenvalue weighted by atomic mass is 32.1. The highest BCUT2D eigenvalue weighted by Crippen LogP contribution is 2.05. The van der Waals surface area contributed by atoms with E-state index in [1.165, 1.54) is 0 Å². The molecule has 7 heteroatoms. The summed E-state index contributed by atoms with van der Waals surface area (Å²) in [4.78, 5) is 24.1. The fourth-order valence-corrected chi connectivity index (χ4v) is 3.00. The lowest BCUT2D eigenvalue weighted by Gasteiger charge is -2.12. The number of hydrogen-bond acceptors (Lipinski definition) is 5. The number of carbonyl (C=O) groups is 2. The van der Waals surface area contributed by atoms with Crippen LogP contribution >= 0.6 is 12.6 Å². The molecule has 0 aromatic heterocycles. The highest BCUT2D eigenvalue weighted by Gasteiger charge is 2.12. The fraction of sp³-hybridized carbons (Fsp3) is 0.636. The summed E-state index contributed by atoms with van der Waals surface area (Å²) in [7, 11) is 0. The number of benzene rings is 1. The van der Waals surface area contributed by atoms with Crippen LogP contribution in [-0.2, 0) is 11.3 Å². The maximum absolute atomic E-state index is 12.2. The molecule has 0 unspecified atom stereocenters. The third-order valence-electron chi connectivity index (χ3n) is 4.63. The average Bonchev–Trinajstić information content (AvgIpc) is 2.71. The molecule has 1 rings (SSSR count). The normalized spacial score (nSPS) is 12.0. The van der Waals surface area contributed by atoms with Crippen molar-refractivity contribution in [1.29, 1.82) is 0 Å². The van der Waals surface area contributed by atoms with Gasteiger partial charge in [-0.3, -0.25) is 9.59 Å². The van der Waals surface area contributed by atoms with Gasteiger partial charge in [0.1, 0.15) is 0 Å². The van der Waals surface area contributed by atoms with Gasteiger partial charge in [-0.05, 0) is 55.6 Å². The van der Waals surface area contributed by atoms with Crippen LogP contribution in [0.2, 0.25) is 0 Å². The van der Waals surface area contributed by atoms with Crippen LogP contribution in [0.4, 0.5) is 0 Å². The molecular weight excluding hydrogens is 384 g/mol. The fourth-order valence-electron chi connectivity index (χ4n) is 2.78. The van der Waals surface area contributed by atoms with Gasteiger partial charge >= 0.3 is 0 Å². The summed E-state index contributed by atoms with van der Waals surface area (Å²) in [6, 6.07) is 7.59. The lowest BCUT2D eigenvalue weighted by atomic mass is 10.1. The van der Waals surface area contributed by atoms with Crippen molar-refractivity contribution in [3.05, 3.63) is 35.4 Å². The van der Waals surface area contributed by atoms with Gasteiger partial charge in [0.05, 0.1) is 6.04 Å². The predicted octanol–water partition coefficient (Wildman–Crippen LogP) is 2.63. The number of rotatable bonds is 15. The van der Waals surface area contributed by atoms with Crippen molar-refractivity contribution in [3.8, 4) is 0 Å². The van der Waals surface area contributed by atoms with Gasteiger partial charge in [0.25, 0.3) is 5.91 Å². The van der Waals surface area contributed by atoms with E-state index in [0.717, 1.165) is 50.0 Å². The Morgan fingerprint density at radius 3 is 2.28 bits per heavy atom. The van der Waals surface area contributed by atoms with Crippen LogP contribution in [0.5, 0.6) is 0 Å². The summed E-state index contributed by atoms with van der Waals surface area (Å²) in [5.41, 5.74) is 7.75. The van der Waals surface area contributed by atoms with Crippen LogP contribution in [0.1, 0.15) is 68.3 Å². The topological polar surface area (TPSA) is 96.2 Å². The van der Waals surface area contributed by atoms with Crippen LogP contribution in [-0.4, -0.2) is 42.7 Å². The van der Waals surface area contributed by atoms with Gasteiger partial charge in [0.2, 0.25) is 5.91 Å². The van der Waals surface area contributed by atoms with E-state index in [0.29, 0.717) is 31.1 Å². The smallest absolute Gasteiger partial charge is 0.251 e. The van der Waals surface area contributed by atoms with Crippen LogP contribution in [0.3, 0.4) is 0 Å². The molecule has 0 radical (unpaired) electrons. The second-order valence-corrected chi connectivity index (χ2v) is 8.11. The molecule has 0 aliphatic carbocycles. The summed E-state index contributed by atoms with van der Waals surface area (Å²) >= 11 is 4.17. The van der Waals surface area contributed by atoms with E-state index < -0.39 is 6.04 Å². The van der Waals surface area contributed by atoms with Crippen molar-refractivity contribution >= 4 is 24.4 Å². The molecule has 0 fully saturated rings. The third-order valence-corrected chi connectivity index (χ3v) is 4.95. The van der Waals surface area contributed by atoms with Gasteiger partial charge in [0, 0.05) is 31.2 Å². The zero-order valence-electron chi connectivity index (χ0n) is 17.9.